The van der Waals surface area contributed by atoms with Crippen molar-refractivity contribution in [1.29, 1.82) is 0 Å². The molecule has 0 radical (unpaired) electrons. The highest BCUT2D eigenvalue weighted by Crippen LogP contribution is 2.54. The molecule has 0 fully saturated rings. The SMILES string of the molecule is CC1(C)c2ccccc2-c2ccc(N(c3ccccc3)c3ccc(-n4c5ccccc5c5ccc6c7ccccc7sc6c54)c4ccccc34)cc21.c1ccc(-c2ccc(N(c3ccccc3)c3ccc(-n4c5ccccc5c5c6oc7ccccc7c6ccc54)cc3)cc2)cc1.c1ccc(N(c2ccccc2)c2ccc(-c3ccc(-n4c5ccccc5c5c6sc7ccccc7c6ccc54)cc3)cc2)cc1. The van der Waals surface area contributed by atoms with Gasteiger partial charge >= 0.3 is 0 Å². The summed E-state index contributed by atoms with van der Waals surface area (Å²) in [5.41, 5.74) is 32.9. The van der Waals surface area contributed by atoms with Crippen LogP contribution in [0, 0.1) is 0 Å². The molecule has 0 spiro atoms. The van der Waals surface area contributed by atoms with E-state index in [9.17, 15) is 0 Å². The molecule has 9 heteroatoms. The molecule has 7 nitrogen and oxygen atoms in total. The summed E-state index contributed by atoms with van der Waals surface area (Å²) in [5.74, 6) is 0. The number of para-hydroxylation sites is 8. The van der Waals surface area contributed by atoms with Gasteiger partial charge in [-0.1, -0.05) is 335 Å². The normalized spacial score (nSPS) is 12.2. The quantitative estimate of drug-likeness (QED) is 0.109. The zero-order chi connectivity index (χ0) is 94.0. The van der Waals surface area contributed by atoms with Gasteiger partial charge in [0.15, 0.2) is 0 Å². The van der Waals surface area contributed by atoms with Gasteiger partial charge in [0.2, 0.25) is 0 Å². The Morgan fingerprint density at radius 1 is 0.225 bits per heavy atom. The molecule has 0 amide bonds. The average molecular weight is 1850 g/mol. The van der Waals surface area contributed by atoms with E-state index in [2.05, 4.69) is 540 Å². The molecule has 22 aromatic carbocycles. The van der Waals surface area contributed by atoms with Gasteiger partial charge in [0.1, 0.15) is 11.2 Å². The highest BCUT2D eigenvalue weighted by Gasteiger charge is 2.37. The molecule has 0 N–H and O–H groups in total. The molecule has 142 heavy (non-hydrogen) atoms. The summed E-state index contributed by atoms with van der Waals surface area (Å²) in [7, 11) is 0. The first-order valence-electron chi connectivity index (χ1n) is 48.6. The van der Waals surface area contributed by atoms with Crippen LogP contribution in [0.3, 0.4) is 0 Å². The molecule has 0 bridgehead atoms. The molecular weight excluding hydrogens is 1760 g/mol. The molecular formula is C133H90N6OS2. The fourth-order valence-electron chi connectivity index (χ4n) is 22.4. The van der Waals surface area contributed by atoms with Gasteiger partial charge in [-0.2, -0.15) is 0 Å². The first-order chi connectivity index (χ1) is 70.2. The number of benzene rings is 22. The summed E-state index contributed by atoms with van der Waals surface area (Å²) in [4.78, 5) is 7.05. The van der Waals surface area contributed by atoms with Crippen LogP contribution < -0.4 is 14.7 Å². The first kappa shape index (κ1) is 83.5. The van der Waals surface area contributed by atoms with Crippen molar-refractivity contribution in [1.82, 2.24) is 13.7 Å². The van der Waals surface area contributed by atoms with Crippen LogP contribution in [0.5, 0.6) is 0 Å². The molecule has 0 saturated carbocycles. The lowest BCUT2D eigenvalue weighted by Gasteiger charge is -2.29. The predicted octanol–water partition coefficient (Wildman–Crippen LogP) is 38.2. The number of furan rings is 1. The Labute approximate surface area is 829 Å². The number of anilines is 9. The monoisotopic (exact) mass is 1850 g/mol. The van der Waals surface area contributed by atoms with Crippen LogP contribution in [0.4, 0.5) is 51.2 Å². The Morgan fingerprint density at radius 3 is 1.18 bits per heavy atom. The number of aromatic nitrogens is 3. The molecule has 0 atom stereocenters. The van der Waals surface area contributed by atoms with E-state index in [-0.39, 0.29) is 5.41 Å². The van der Waals surface area contributed by atoms with Crippen LogP contribution in [0.1, 0.15) is 25.0 Å². The zero-order valence-electron chi connectivity index (χ0n) is 77.9. The molecule has 0 aliphatic heterocycles. The van der Waals surface area contributed by atoms with Crippen molar-refractivity contribution in [3.05, 3.63) is 521 Å². The second-order valence-electron chi connectivity index (χ2n) is 37.3. The van der Waals surface area contributed by atoms with E-state index < -0.39 is 0 Å². The summed E-state index contributed by atoms with van der Waals surface area (Å²) in [6, 6.07) is 184. The molecule has 670 valence electrons. The third-order valence-electron chi connectivity index (χ3n) is 29.0. The molecule has 1 aliphatic carbocycles. The molecule has 6 heterocycles. The molecule has 0 saturated heterocycles. The smallest absolute Gasteiger partial charge is 0.145 e. The summed E-state index contributed by atoms with van der Waals surface area (Å²) >= 11 is 3.80. The predicted molar refractivity (Wildman–Crippen MR) is 605 cm³/mol. The standard InChI is InChI=1S/C49H34N2S.C42H28N2O.C42H28N2S/c1-49(2)41-21-11-8-16-33(41)34-25-24-32(30-42(34)49)50(31-14-4-3-5-15-31)44-28-29-45(36-18-7-6-17-35(36)44)51-43-22-12-9-19-37(43)39-26-27-40-38-20-10-13-23-46(38)52-48(40)47(39)51;1-3-11-29(12-4-1)30-19-21-32(22-20-30)43(31-13-5-2-6-14-31)33-23-25-34(26-24-33)44-38-17-9-7-16-37(38)41-39(44)28-27-36-35-15-8-10-18-40(35)45-42(36)41;1-3-11-31(12-4-1)43(32-13-5-2-6-14-32)33-23-19-29(20-24-33)30-21-25-34(26-22-30)44-38-17-9-7-16-37(38)41-39(44)28-27-36-35-15-8-10-18-40(35)45-42(36)41/h3-30H,1-2H3;2*1-28H. The van der Waals surface area contributed by atoms with E-state index in [0.29, 0.717) is 0 Å². The van der Waals surface area contributed by atoms with E-state index in [1.54, 1.807) is 0 Å². The van der Waals surface area contributed by atoms with Gasteiger partial charge in [0.25, 0.3) is 0 Å². The zero-order valence-corrected chi connectivity index (χ0v) is 79.5. The van der Waals surface area contributed by atoms with Crippen LogP contribution in [-0.4, -0.2) is 13.7 Å². The maximum Gasteiger partial charge on any atom is 0.145 e. The van der Waals surface area contributed by atoms with Gasteiger partial charge in [0.05, 0.1) is 54.6 Å². The van der Waals surface area contributed by atoms with Crippen LogP contribution in [-0.2, 0) is 5.41 Å². The van der Waals surface area contributed by atoms with E-state index >= 15 is 0 Å². The van der Waals surface area contributed by atoms with Crippen molar-refractivity contribution in [2.24, 2.45) is 0 Å². The van der Waals surface area contributed by atoms with Crippen molar-refractivity contribution in [3.63, 3.8) is 0 Å². The Hall–Kier alpha value is -17.9. The second-order valence-corrected chi connectivity index (χ2v) is 39.4. The number of hydrogen-bond donors (Lipinski definition) is 0. The van der Waals surface area contributed by atoms with Crippen LogP contribution in [0.2, 0.25) is 0 Å². The molecule has 6 aromatic heterocycles. The third-order valence-corrected chi connectivity index (χ3v) is 31.4. The average Bonchev–Trinajstić information content (AvgIpc) is 1.58. The van der Waals surface area contributed by atoms with Gasteiger partial charge in [-0.25, -0.2) is 0 Å². The Bertz CT molecular complexity index is 9710. The minimum absolute atomic E-state index is 0.0926. The minimum atomic E-state index is -0.0926. The Kier molecular flexibility index (Phi) is 20.2. The molecule has 28 aromatic rings. The summed E-state index contributed by atoms with van der Waals surface area (Å²) in [5, 5.41) is 17.6. The van der Waals surface area contributed by atoms with Gasteiger partial charge in [-0.15, -0.1) is 22.7 Å². The number of fused-ring (bicyclic) bond motifs is 25. The molecule has 1 aliphatic rings. The van der Waals surface area contributed by atoms with Crippen LogP contribution in [0.25, 0.3) is 189 Å². The fraction of sp³-hybridized carbons (Fsp3) is 0.0226. The van der Waals surface area contributed by atoms with Crippen molar-refractivity contribution in [2.45, 2.75) is 19.3 Å². The van der Waals surface area contributed by atoms with E-state index in [4.69, 9.17) is 4.42 Å². The van der Waals surface area contributed by atoms with E-state index in [1.807, 2.05) is 34.8 Å². The lowest BCUT2D eigenvalue weighted by molar-refractivity contribution is 0.660. The van der Waals surface area contributed by atoms with Crippen molar-refractivity contribution < 1.29 is 4.42 Å². The highest BCUT2D eigenvalue weighted by molar-refractivity contribution is 7.27. The van der Waals surface area contributed by atoms with Crippen LogP contribution >= 0.6 is 22.7 Å². The number of rotatable bonds is 14. The third kappa shape index (κ3) is 13.9. The van der Waals surface area contributed by atoms with Crippen molar-refractivity contribution >= 4 is 212 Å². The van der Waals surface area contributed by atoms with Gasteiger partial charge in [0, 0.05) is 146 Å². The fourth-order valence-corrected chi connectivity index (χ4v) is 24.9. The lowest BCUT2D eigenvalue weighted by atomic mass is 9.82. The lowest BCUT2D eigenvalue weighted by Crippen LogP contribution is -2.16. The number of nitrogens with zero attached hydrogens (tertiary/aromatic N) is 6. The summed E-state index contributed by atoms with van der Waals surface area (Å²) in [6.45, 7) is 4.72. The van der Waals surface area contributed by atoms with Gasteiger partial charge in [-0.05, 0) is 233 Å². The first-order valence-corrected chi connectivity index (χ1v) is 50.2. The van der Waals surface area contributed by atoms with E-state index in [0.717, 1.165) is 95.2 Å². The Balaban J connectivity index is 0.000000107. The maximum absolute atomic E-state index is 6.49. The maximum atomic E-state index is 6.49. The molecule has 29 rings (SSSR count). The van der Waals surface area contributed by atoms with Crippen molar-refractivity contribution in [2.75, 3.05) is 14.7 Å². The number of thiophene rings is 2. The molecule has 0 unspecified atom stereocenters. The van der Waals surface area contributed by atoms with Crippen molar-refractivity contribution in [3.8, 4) is 50.4 Å². The topological polar surface area (TPSA) is 37.6 Å². The minimum Gasteiger partial charge on any atom is -0.455 e. The number of hydrogen-bond acceptors (Lipinski definition) is 6. The second kappa shape index (κ2) is 34.4. The summed E-state index contributed by atoms with van der Waals surface area (Å²) in [6.07, 6.45) is 0. The van der Waals surface area contributed by atoms with Crippen LogP contribution in [0.15, 0.2) is 514 Å². The largest absolute Gasteiger partial charge is 0.455 e. The van der Waals surface area contributed by atoms with Gasteiger partial charge in [-0.3, -0.25) is 0 Å². The highest BCUT2D eigenvalue weighted by atomic mass is 32.1. The van der Waals surface area contributed by atoms with E-state index in [1.165, 1.54) is 156 Å². The Morgan fingerprint density at radius 2 is 0.606 bits per heavy atom. The summed E-state index contributed by atoms with van der Waals surface area (Å²) < 4.78 is 19.1. The van der Waals surface area contributed by atoms with Gasteiger partial charge < -0.3 is 32.8 Å².